The zero-order valence-electron chi connectivity index (χ0n) is 22.4. The maximum atomic E-state index is 8.36. The second kappa shape index (κ2) is 11.2. The molecule has 0 saturated carbocycles. The zero-order chi connectivity index (χ0) is 27.4. The Labute approximate surface area is 221 Å². The van der Waals surface area contributed by atoms with Gasteiger partial charge < -0.3 is 20.1 Å². The minimum atomic E-state index is -0.250. The molecule has 0 spiro atoms. The molecular weight excluding hydrogens is 480 g/mol. The molecule has 0 radical (unpaired) electrons. The van der Waals surface area contributed by atoms with Crippen LogP contribution in [0.1, 0.15) is 29.9 Å². The Morgan fingerprint density at radius 3 is 2.50 bits per heavy atom. The number of methoxy groups -OCH3 is 1. The Balaban J connectivity index is 0.00000107. The number of ether oxygens (including phenoxy) is 1. The van der Waals surface area contributed by atoms with Crippen molar-refractivity contribution in [1.29, 1.82) is 0 Å². The molecule has 2 aromatic carbocycles. The lowest BCUT2D eigenvalue weighted by atomic mass is 10.0. The van der Waals surface area contributed by atoms with Crippen molar-refractivity contribution in [2.45, 2.75) is 26.8 Å². The number of nitrogens with one attached hydrogen (secondary N) is 1. The van der Waals surface area contributed by atoms with Crippen molar-refractivity contribution in [3.8, 4) is 16.9 Å². The molecule has 0 aliphatic heterocycles. The molecular formula is C29H32N6O3. The quantitative estimate of drug-likeness (QED) is 0.287. The summed E-state index contributed by atoms with van der Waals surface area (Å²) in [4.78, 5) is 19.8. The van der Waals surface area contributed by atoms with E-state index in [4.69, 9.17) is 24.7 Å². The minimum absolute atomic E-state index is 0.0982. The first kappa shape index (κ1) is 26.4. The van der Waals surface area contributed by atoms with E-state index in [0.29, 0.717) is 0 Å². The fraction of sp³-hybridized carbons (Fsp3) is 0.241. The van der Waals surface area contributed by atoms with Crippen LogP contribution in [0.25, 0.3) is 27.5 Å². The number of nitrogens with zero attached hydrogens (tertiary/aromatic N) is 5. The molecule has 0 amide bonds. The molecule has 0 aliphatic rings. The molecule has 0 aliphatic carbocycles. The summed E-state index contributed by atoms with van der Waals surface area (Å²) in [6.07, 6.45) is 2.03. The summed E-state index contributed by atoms with van der Waals surface area (Å²) < 4.78 is 7.58. The number of fused-ring (bicyclic) bond motifs is 2. The van der Waals surface area contributed by atoms with Crippen molar-refractivity contribution in [3.05, 3.63) is 77.7 Å². The average Bonchev–Trinajstić information content (AvgIpc) is 3.33. The number of aryl methyl sites for hydroxylation is 2. The summed E-state index contributed by atoms with van der Waals surface area (Å²) in [5.74, 6) is 3.21. The first-order valence-corrected chi connectivity index (χ1v) is 12.2. The molecule has 5 rings (SSSR count). The van der Waals surface area contributed by atoms with E-state index >= 15 is 0 Å². The van der Waals surface area contributed by atoms with Crippen molar-refractivity contribution in [1.82, 2.24) is 19.6 Å². The number of aromatic nitrogens is 4. The summed E-state index contributed by atoms with van der Waals surface area (Å²) in [7, 11) is 5.65. The molecule has 0 bridgehead atoms. The maximum absolute atomic E-state index is 8.36. The van der Waals surface area contributed by atoms with Gasteiger partial charge >= 0.3 is 0 Å². The van der Waals surface area contributed by atoms with Gasteiger partial charge in [0, 0.05) is 43.4 Å². The maximum Gasteiger partial charge on any atom is 0.290 e. The van der Waals surface area contributed by atoms with Crippen LogP contribution in [0.15, 0.2) is 60.8 Å². The third-order valence-electron chi connectivity index (χ3n) is 6.24. The highest BCUT2D eigenvalue weighted by Gasteiger charge is 2.15. The van der Waals surface area contributed by atoms with Crippen molar-refractivity contribution < 1.29 is 14.6 Å². The number of benzene rings is 2. The predicted octanol–water partition coefficient (Wildman–Crippen LogP) is 5.51. The number of carbonyl (C=O) groups is 1. The molecule has 1 unspecified atom stereocenters. The molecule has 38 heavy (non-hydrogen) atoms. The molecule has 0 saturated heterocycles. The summed E-state index contributed by atoms with van der Waals surface area (Å²) >= 11 is 0. The number of carboxylic acid groups (broad SMARTS) is 1. The van der Waals surface area contributed by atoms with Crippen molar-refractivity contribution >= 4 is 34.5 Å². The van der Waals surface area contributed by atoms with E-state index < -0.39 is 0 Å². The van der Waals surface area contributed by atoms with E-state index in [2.05, 4.69) is 66.6 Å². The van der Waals surface area contributed by atoms with Gasteiger partial charge in [0.05, 0.1) is 12.6 Å². The van der Waals surface area contributed by atoms with Gasteiger partial charge in [0.1, 0.15) is 22.9 Å². The normalized spacial score (nSPS) is 11.5. The van der Waals surface area contributed by atoms with Crippen molar-refractivity contribution in [3.63, 3.8) is 0 Å². The lowest BCUT2D eigenvalue weighted by molar-refractivity contribution is -0.122. The monoisotopic (exact) mass is 512 g/mol. The van der Waals surface area contributed by atoms with Crippen LogP contribution in [0.4, 0.5) is 11.6 Å². The Morgan fingerprint density at radius 1 is 1.05 bits per heavy atom. The van der Waals surface area contributed by atoms with Crippen molar-refractivity contribution in [2.75, 3.05) is 31.4 Å². The van der Waals surface area contributed by atoms with Gasteiger partial charge in [-0.05, 0) is 50.1 Å². The largest absolute Gasteiger partial charge is 0.494 e. The SMILES string of the molecule is COc1cc(-c2ccc3nc(C)nc(NC(C)c4cccc(C)c4)c3c2)cn2nc(N(C)C)cc12.O=CO. The van der Waals surface area contributed by atoms with Crippen LogP contribution in [0.3, 0.4) is 0 Å². The van der Waals surface area contributed by atoms with E-state index in [1.807, 2.05) is 48.8 Å². The van der Waals surface area contributed by atoms with E-state index in [9.17, 15) is 0 Å². The number of pyridine rings is 1. The highest BCUT2D eigenvalue weighted by atomic mass is 16.5. The van der Waals surface area contributed by atoms with Crippen LogP contribution in [-0.2, 0) is 4.79 Å². The van der Waals surface area contributed by atoms with Gasteiger partial charge in [-0.25, -0.2) is 14.5 Å². The fourth-order valence-electron chi connectivity index (χ4n) is 4.35. The van der Waals surface area contributed by atoms with E-state index in [0.717, 1.165) is 50.8 Å². The topological polar surface area (TPSA) is 105 Å². The molecule has 1 atom stereocenters. The van der Waals surface area contributed by atoms with Crippen LogP contribution >= 0.6 is 0 Å². The van der Waals surface area contributed by atoms with Crippen LogP contribution < -0.4 is 15.0 Å². The van der Waals surface area contributed by atoms with E-state index in [1.54, 1.807) is 7.11 Å². The highest BCUT2D eigenvalue weighted by molar-refractivity contribution is 5.93. The fourth-order valence-corrected chi connectivity index (χ4v) is 4.35. The lowest BCUT2D eigenvalue weighted by Crippen LogP contribution is -2.09. The van der Waals surface area contributed by atoms with Gasteiger partial charge in [0.15, 0.2) is 5.82 Å². The summed E-state index contributed by atoms with van der Waals surface area (Å²) in [6.45, 7) is 5.94. The van der Waals surface area contributed by atoms with Crippen LogP contribution in [0, 0.1) is 13.8 Å². The average molecular weight is 513 g/mol. The molecule has 3 heterocycles. The van der Waals surface area contributed by atoms with Gasteiger partial charge in [-0.1, -0.05) is 35.9 Å². The molecule has 5 aromatic rings. The van der Waals surface area contributed by atoms with E-state index in [1.165, 1.54) is 11.1 Å². The van der Waals surface area contributed by atoms with E-state index in [-0.39, 0.29) is 12.5 Å². The molecule has 196 valence electrons. The number of anilines is 2. The summed E-state index contributed by atoms with van der Waals surface area (Å²) in [5.41, 5.74) is 6.33. The standard InChI is InChI=1S/C28H30N6O.CH2O2/c1-17-8-7-9-20(12-17)18(2)29-28-23-13-21(10-11-24(23)30-19(3)31-28)22-14-26(35-6)25-15-27(33(4)5)32-34(25)16-22;2-1-3/h7-16,18H,1-6H3,(H,29,30,31);1H,(H,2,3). The molecule has 9 nitrogen and oxygen atoms in total. The lowest BCUT2D eigenvalue weighted by Gasteiger charge is -2.18. The molecule has 2 N–H and O–H groups in total. The third kappa shape index (κ3) is 5.51. The third-order valence-corrected chi connectivity index (χ3v) is 6.24. The Morgan fingerprint density at radius 2 is 1.82 bits per heavy atom. The Kier molecular flexibility index (Phi) is 7.76. The molecule has 3 aromatic heterocycles. The minimum Gasteiger partial charge on any atom is -0.494 e. The predicted molar refractivity (Wildman–Crippen MR) is 151 cm³/mol. The second-order valence-electron chi connectivity index (χ2n) is 9.26. The number of hydrogen-bond donors (Lipinski definition) is 2. The molecule has 0 fully saturated rings. The van der Waals surface area contributed by atoms with Gasteiger partial charge in [-0.3, -0.25) is 4.79 Å². The molecule has 9 heteroatoms. The Bertz CT molecular complexity index is 1590. The first-order valence-electron chi connectivity index (χ1n) is 12.2. The number of rotatable bonds is 6. The Hall–Kier alpha value is -4.66. The zero-order valence-corrected chi connectivity index (χ0v) is 22.4. The van der Waals surface area contributed by atoms with Crippen LogP contribution in [0.2, 0.25) is 0 Å². The van der Waals surface area contributed by atoms with Gasteiger partial charge in [0.25, 0.3) is 6.47 Å². The number of hydrogen-bond acceptors (Lipinski definition) is 7. The summed E-state index contributed by atoms with van der Waals surface area (Å²) in [5, 5.41) is 16.2. The van der Waals surface area contributed by atoms with Crippen molar-refractivity contribution in [2.24, 2.45) is 0 Å². The van der Waals surface area contributed by atoms with Crippen LogP contribution in [-0.4, -0.2) is 52.4 Å². The van der Waals surface area contributed by atoms with Gasteiger partial charge in [0.2, 0.25) is 0 Å². The van der Waals surface area contributed by atoms with Crippen LogP contribution in [0.5, 0.6) is 5.75 Å². The smallest absolute Gasteiger partial charge is 0.290 e. The highest BCUT2D eigenvalue weighted by Crippen LogP contribution is 2.33. The first-order chi connectivity index (χ1) is 18.2. The van der Waals surface area contributed by atoms with Gasteiger partial charge in [-0.2, -0.15) is 5.10 Å². The summed E-state index contributed by atoms with van der Waals surface area (Å²) in [6, 6.07) is 19.0. The second-order valence-corrected chi connectivity index (χ2v) is 9.26. The van der Waals surface area contributed by atoms with Gasteiger partial charge in [-0.15, -0.1) is 0 Å².